The molecule has 0 radical (unpaired) electrons. The Morgan fingerprint density at radius 2 is 1.62 bits per heavy atom. The van der Waals surface area contributed by atoms with E-state index in [-0.39, 0.29) is 4.90 Å². The van der Waals surface area contributed by atoms with Crippen molar-refractivity contribution in [1.82, 2.24) is 4.72 Å². The van der Waals surface area contributed by atoms with Crippen LogP contribution in [-0.2, 0) is 14.8 Å². The second-order valence-electron chi connectivity index (χ2n) is 5.81. The first kappa shape index (κ1) is 18.6. The first-order chi connectivity index (χ1) is 12.4. The van der Waals surface area contributed by atoms with Crippen molar-refractivity contribution in [2.24, 2.45) is 0 Å². The third-order valence-electron chi connectivity index (χ3n) is 3.90. The molecular formula is C19H17BrN2O3S. The van der Waals surface area contributed by atoms with Gasteiger partial charge >= 0.3 is 0 Å². The van der Waals surface area contributed by atoms with E-state index in [1.165, 1.54) is 19.1 Å². The van der Waals surface area contributed by atoms with Crippen LogP contribution >= 0.6 is 15.9 Å². The van der Waals surface area contributed by atoms with Crippen molar-refractivity contribution in [2.75, 3.05) is 5.32 Å². The lowest BCUT2D eigenvalue weighted by molar-refractivity contribution is -0.117. The van der Waals surface area contributed by atoms with Gasteiger partial charge in [-0.1, -0.05) is 52.3 Å². The Labute approximate surface area is 160 Å². The lowest BCUT2D eigenvalue weighted by Gasteiger charge is -2.15. The SMILES string of the molecule is C[C@@H](NS(=O)(=O)c1ccc(Br)cc1)C(=O)Nc1cccc2ccccc12. The number of nitrogens with one attached hydrogen (secondary N) is 2. The van der Waals surface area contributed by atoms with Gasteiger partial charge in [-0.15, -0.1) is 0 Å². The number of halogens is 1. The predicted octanol–water partition coefficient (Wildman–Crippen LogP) is 3.91. The van der Waals surface area contributed by atoms with Gasteiger partial charge < -0.3 is 5.32 Å². The summed E-state index contributed by atoms with van der Waals surface area (Å²) in [7, 11) is -3.79. The molecular weight excluding hydrogens is 416 g/mol. The number of anilines is 1. The molecule has 26 heavy (non-hydrogen) atoms. The molecule has 1 atom stereocenters. The number of carbonyl (C=O) groups excluding carboxylic acids is 1. The van der Waals surface area contributed by atoms with Crippen molar-refractivity contribution in [3.63, 3.8) is 0 Å². The summed E-state index contributed by atoms with van der Waals surface area (Å²) in [5, 5.41) is 4.68. The average Bonchev–Trinajstić information content (AvgIpc) is 2.62. The van der Waals surface area contributed by atoms with E-state index in [9.17, 15) is 13.2 Å². The fourth-order valence-electron chi connectivity index (χ4n) is 2.54. The second kappa shape index (κ2) is 7.57. The van der Waals surface area contributed by atoms with E-state index in [2.05, 4.69) is 26.0 Å². The van der Waals surface area contributed by atoms with Gasteiger partial charge in [-0.05, 0) is 42.6 Å². The van der Waals surface area contributed by atoms with E-state index in [1.807, 2.05) is 36.4 Å². The molecule has 7 heteroatoms. The van der Waals surface area contributed by atoms with Crippen LogP contribution in [0.4, 0.5) is 5.69 Å². The lowest BCUT2D eigenvalue weighted by Crippen LogP contribution is -2.41. The van der Waals surface area contributed by atoms with Crippen molar-refractivity contribution >= 4 is 48.3 Å². The first-order valence-corrected chi connectivity index (χ1v) is 10.2. The van der Waals surface area contributed by atoms with E-state index in [0.29, 0.717) is 5.69 Å². The van der Waals surface area contributed by atoms with Gasteiger partial charge in [-0.3, -0.25) is 4.79 Å². The number of hydrogen-bond acceptors (Lipinski definition) is 3. The Morgan fingerprint density at radius 1 is 0.962 bits per heavy atom. The van der Waals surface area contributed by atoms with Crippen molar-refractivity contribution in [3.05, 3.63) is 71.2 Å². The Bertz CT molecular complexity index is 1040. The van der Waals surface area contributed by atoms with E-state index < -0.39 is 22.0 Å². The van der Waals surface area contributed by atoms with Crippen molar-refractivity contribution in [1.29, 1.82) is 0 Å². The molecule has 0 bridgehead atoms. The molecule has 5 nitrogen and oxygen atoms in total. The fraction of sp³-hybridized carbons (Fsp3) is 0.105. The summed E-state index contributed by atoms with van der Waals surface area (Å²) in [6.45, 7) is 1.51. The number of rotatable bonds is 5. The normalized spacial score (nSPS) is 12.7. The zero-order valence-corrected chi connectivity index (χ0v) is 16.3. The molecule has 0 unspecified atom stereocenters. The van der Waals surface area contributed by atoms with Crippen molar-refractivity contribution in [3.8, 4) is 0 Å². The highest BCUT2D eigenvalue weighted by Gasteiger charge is 2.22. The minimum absolute atomic E-state index is 0.102. The second-order valence-corrected chi connectivity index (χ2v) is 8.44. The molecule has 0 saturated heterocycles. The number of amides is 1. The summed E-state index contributed by atoms with van der Waals surface area (Å²) in [5.41, 5.74) is 0.641. The zero-order chi connectivity index (χ0) is 18.7. The largest absolute Gasteiger partial charge is 0.324 e. The van der Waals surface area contributed by atoms with E-state index in [1.54, 1.807) is 18.2 Å². The van der Waals surface area contributed by atoms with Crippen LogP contribution in [0.25, 0.3) is 10.8 Å². The number of carbonyl (C=O) groups is 1. The van der Waals surface area contributed by atoms with Gasteiger partial charge in [0.05, 0.1) is 10.9 Å². The Hall–Kier alpha value is -2.22. The van der Waals surface area contributed by atoms with Gasteiger partial charge in [-0.2, -0.15) is 4.72 Å². The molecule has 134 valence electrons. The van der Waals surface area contributed by atoms with Crippen LogP contribution in [0.5, 0.6) is 0 Å². The minimum Gasteiger partial charge on any atom is -0.324 e. The summed E-state index contributed by atoms with van der Waals surface area (Å²) in [4.78, 5) is 12.6. The van der Waals surface area contributed by atoms with E-state index in [0.717, 1.165) is 15.2 Å². The molecule has 0 fully saturated rings. The molecule has 0 heterocycles. The first-order valence-electron chi connectivity index (χ1n) is 7.93. The van der Waals surface area contributed by atoms with Crippen molar-refractivity contribution < 1.29 is 13.2 Å². The molecule has 3 rings (SSSR count). The third kappa shape index (κ3) is 4.12. The molecule has 2 N–H and O–H groups in total. The van der Waals surface area contributed by atoms with Gasteiger partial charge in [0.15, 0.2) is 0 Å². The smallest absolute Gasteiger partial charge is 0.242 e. The molecule has 3 aromatic rings. The van der Waals surface area contributed by atoms with Crippen LogP contribution in [0.2, 0.25) is 0 Å². The molecule has 3 aromatic carbocycles. The van der Waals surface area contributed by atoms with Crippen LogP contribution in [0.15, 0.2) is 76.1 Å². The van der Waals surface area contributed by atoms with Gasteiger partial charge in [0.25, 0.3) is 0 Å². The van der Waals surface area contributed by atoms with Gasteiger partial charge in [0, 0.05) is 15.5 Å². The van der Waals surface area contributed by atoms with Crippen LogP contribution in [0.3, 0.4) is 0 Å². The number of fused-ring (bicyclic) bond motifs is 1. The summed E-state index contributed by atoms with van der Waals surface area (Å²) in [5.74, 6) is -0.429. The zero-order valence-electron chi connectivity index (χ0n) is 13.9. The summed E-state index contributed by atoms with van der Waals surface area (Å²) in [6.07, 6.45) is 0. The van der Waals surface area contributed by atoms with Crippen LogP contribution in [-0.4, -0.2) is 20.4 Å². The van der Waals surface area contributed by atoms with Crippen LogP contribution < -0.4 is 10.0 Å². The summed E-state index contributed by atoms with van der Waals surface area (Å²) in [6, 6.07) is 18.5. The predicted molar refractivity (Wildman–Crippen MR) is 107 cm³/mol. The maximum absolute atomic E-state index is 12.5. The Kier molecular flexibility index (Phi) is 5.41. The van der Waals surface area contributed by atoms with Gasteiger partial charge in [-0.25, -0.2) is 8.42 Å². The monoisotopic (exact) mass is 432 g/mol. The fourth-order valence-corrected chi connectivity index (χ4v) is 4.01. The number of hydrogen-bond donors (Lipinski definition) is 2. The highest BCUT2D eigenvalue weighted by Crippen LogP contribution is 2.23. The van der Waals surface area contributed by atoms with Crippen LogP contribution in [0, 0.1) is 0 Å². The highest BCUT2D eigenvalue weighted by atomic mass is 79.9. The number of benzene rings is 3. The molecule has 0 aromatic heterocycles. The molecule has 0 aliphatic heterocycles. The number of sulfonamides is 1. The average molecular weight is 433 g/mol. The molecule has 0 aliphatic rings. The van der Waals surface area contributed by atoms with E-state index >= 15 is 0 Å². The molecule has 0 saturated carbocycles. The highest BCUT2D eigenvalue weighted by molar-refractivity contribution is 9.10. The molecule has 1 amide bonds. The molecule has 0 aliphatic carbocycles. The maximum atomic E-state index is 12.5. The van der Waals surface area contributed by atoms with Gasteiger partial charge in [0.1, 0.15) is 0 Å². The minimum atomic E-state index is -3.79. The standard InChI is InChI=1S/C19H17BrN2O3S/c1-13(22-26(24,25)16-11-9-15(20)10-12-16)19(23)21-18-8-4-6-14-5-2-3-7-17(14)18/h2-13,22H,1H3,(H,21,23)/t13-/m1/s1. The summed E-state index contributed by atoms with van der Waals surface area (Å²) >= 11 is 3.26. The van der Waals surface area contributed by atoms with Crippen molar-refractivity contribution in [2.45, 2.75) is 17.9 Å². The maximum Gasteiger partial charge on any atom is 0.242 e. The Balaban J connectivity index is 1.76. The van der Waals surface area contributed by atoms with E-state index in [4.69, 9.17) is 0 Å². The van der Waals surface area contributed by atoms with Crippen LogP contribution in [0.1, 0.15) is 6.92 Å². The lowest BCUT2D eigenvalue weighted by atomic mass is 10.1. The Morgan fingerprint density at radius 3 is 2.35 bits per heavy atom. The third-order valence-corrected chi connectivity index (χ3v) is 5.98. The topological polar surface area (TPSA) is 75.3 Å². The summed E-state index contributed by atoms with van der Waals surface area (Å²) < 4.78 is 28.0. The quantitative estimate of drug-likeness (QED) is 0.641. The van der Waals surface area contributed by atoms with Gasteiger partial charge in [0.2, 0.25) is 15.9 Å². The molecule has 0 spiro atoms.